The van der Waals surface area contributed by atoms with Crippen molar-refractivity contribution < 1.29 is 31.8 Å². The highest BCUT2D eigenvalue weighted by Crippen LogP contribution is 2.57. The SMILES string of the molecule is C#Cc1c(F)ccc2cc(O)cc(-c3ccc4c(N5CCC6(CC5)CC(F)(F)C6)nc(OC)nc4c3F)c12.FC1CC2CCCN2C1. The third-order valence-electron chi connectivity index (χ3n) is 10.3. The number of fused-ring (bicyclic) bond motifs is 3. The van der Waals surface area contributed by atoms with Crippen LogP contribution in [0, 0.1) is 29.4 Å². The number of rotatable bonds is 3. The largest absolute Gasteiger partial charge is 0.508 e. The number of nitrogens with zero attached hydrogens (tertiary/aromatic N) is 4. The van der Waals surface area contributed by atoms with E-state index in [2.05, 4.69) is 20.8 Å². The van der Waals surface area contributed by atoms with Crippen molar-refractivity contribution in [2.75, 3.05) is 38.2 Å². The molecule has 6 nitrogen and oxygen atoms in total. The van der Waals surface area contributed by atoms with Crippen molar-refractivity contribution in [1.82, 2.24) is 14.9 Å². The molecule has 246 valence electrons. The van der Waals surface area contributed by atoms with E-state index in [0.29, 0.717) is 60.5 Å². The second kappa shape index (κ2) is 11.8. The van der Waals surface area contributed by atoms with E-state index in [-0.39, 0.29) is 52.2 Å². The average molecular weight is 651 g/mol. The van der Waals surface area contributed by atoms with Gasteiger partial charge in [-0.2, -0.15) is 9.97 Å². The van der Waals surface area contributed by atoms with E-state index in [1.54, 1.807) is 6.07 Å². The molecule has 3 saturated heterocycles. The number of piperidine rings is 1. The van der Waals surface area contributed by atoms with Gasteiger partial charge >= 0.3 is 6.01 Å². The molecule has 4 fully saturated rings. The van der Waals surface area contributed by atoms with Crippen LogP contribution in [0.15, 0.2) is 36.4 Å². The summed E-state index contributed by atoms with van der Waals surface area (Å²) < 4.78 is 75.8. The minimum absolute atomic E-state index is 0.0185. The first kappa shape index (κ1) is 31.4. The van der Waals surface area contributed by atoms with Crippen LogP contribution in [0.1, 0.15) is 50.5 Å². The minimum atomic E-state index is -2.59. The Balaban J connectivity index is 0.000000334. The van der Waals surface area contributed by atoms with E-state index in [0.717, 1.165) is 13.0 Å². The van der Waals surface area contributed by atoms with Gasteiger partial charge in [-0.05, 0) is 79.3 Å². The highest BCUT2D eigenvalue weighted by Gasteiger charge is 2.56. The van der Waals surface area contributed by atoms with Gasteiger partial charge in [-0.25, -0.2) is 22.0 Å². The van der Waals surface area contributed by atoms with E-state index in [4.69, 9.17) is 11.2 Å². The molecule has 2 atom stereocenters. The summed E-state index contributed by atoms with van der Waals surface area (Å²) in [5.41, 5.74) is -0.124. The lowest BCUT2D eigenvalue weighted by atomic mass is 9.61. The van der Waals surface area contributed by atoms with Crippen molar-refractivity contribution in [3.63, 3.8) is 0 Å². The van der Waals surface area contributed by atoms with Crippen LogP contribution in [0.2, 0.25) is 0 Å². The predicted molar refractivity (Wildman–Crippen MR) is 171 cm³/mol. The number of anilines is 1. The van der Waals surface area contributed by atoms with Crippen molar-refractivity contribution in [1.29, 1.82) is 0 Å². The zero-order valence-corrected chi connectivity index (χ0v) is 26.0. The van der Waals surface area contributed by atoms with Crippen molar-refractivity contribution in [2.24, 2.45) is 5.41 Å². The lowest BCUT2D eigenvalue weighted by molar-refractivity contribution is -0.168. The lowest BCUT2D eigenvalue weighted by Crippen LogP contribution is -2.52. The molecule has 47 heavy (non-hydrogen) atoms. The monoisotopic (exact) mass is 650 g/mol. The number of aromatic hydroxyl groups is 1. The van der Waals surface area contributed by atoms with Gasteiger partial charge in [0.1, 0.15) is 29.1 Å². The molecule has 0 amide bonds. The first-order valence-corrected chi connectivity index (χ1v) is 16.0. The number of hydrogen-bond donors (Lipinski definition) is 1. The van der Waals surface area contributed by atoms with Crippen LogP contribution in [-0.2, 0) is 0 Å². The van der Waals surface area contributed by atoms with Gasteiger partial charge in [0.05, 0.1) is 12.7 Å². The van der Waals surface area contributed by atoms with Gasteiger partial charge in [0.25, 0.3) is 0 Å². The van der Waals surface area contributed by atoms with Crippen LogP contribution in [0.25, 0.3) is 32.8 Å². The summed E-state index contributed by atoms with van der Waals surface area (Å²) in [6.45, 7) is 2.85. The molecule has 8 rings (SSSR count). The highest BCUT2D eigenvalue weighted by molar-refractivity contribution is 6.04. The summed E-state index contributed by atoms with van der Waals surface area (Å²) in [5.74, 6) is -1.28. The number of terminal acetylenes is 1. The molecule has 0 radical (unpaired) electrons. The van der Waals surface area contributed by atoms with E-state index < -0.39 is 23.7 Å². The molecular weight excluding hydrogens is 615 g/mol. The van der Waals surface area contributed by atoms with E-state index in [1.807, 2.05) is 4.90 Å². The minimum Gasteiger partial charge on any atom is -0.508 e. The number of halogens is 5. The first-order chi connectivity index (χ1) is 22.5. The van der Waals surface area contributed by atoms with Gasteiger partial charge < -0.3 is 14.7 Å². The number of benzene rings is 3. The van der Waals surface area contributed by atoms with Crippen molar-refractivity contribution >= 4 is 27.5 Å². The van der Waals surface area contributed by atoms with Crippen LogP contribution >= 0.6 is 0 Å². The van der Waals surface area contributed by atoms with Crippen LogP contribution in [0.3, 0.4) is 0 Å². The zero-order valence-electron chi connectivity index (χ0n) is 26.0. The molecule has 11 heteroatoms. The highest BCUT2D eigenvalue weighted by atomic mass is 19.3. The normalized spacial score (nSPS) is 22.9. The van der Waals surface area contributed by atoms with Crippen molar-refractivity contribution in [2.45, 2.75) is 63.1 Å². The molecule has 0 bridgehead atoms. The summed E-state index contributed by atoms with van der Waals surface area (Å²) in [6.07, 6.45) is 9.38. The Morgan fingerprint density at radius 3 is 2.47 bits per heavy atom. The molecule has 1 aromatic heterocycles. The number of aromatic nitrogens is 2. The lowest BCUT2D eigenvalue weighted by Gasteiger charge is -2.52. The molecular formula is C36H35F5N4O2. The Morgan fingerprint density at radius 1 is 1.02 bits per heavy atom. The number of hydrogen-bond acceptors (Lipinski definition) is 6. The Hall–Kier alpha value is -4.17. The molecule has 1 spiro atoms. The number of ether oxygens (including phenoxy) is 1. The van der Waals surface area contributed by atoms with Crippen LogP contribution in [0.4, 0.5) is 27.8 Å². The maximum atomic E-state index is 16.2. The molecule has 1 aliphatic carbocycles. The molecule has 4 heterocycles. The molecule has 1 N–H and O–H groups in total. The van der Waals surface area contributed by atoms with Gasteiger partial charge in [-0.1, -0.05) is 18.1 Å². The number of alkyl halides is 3. The van der Waals surface area contributed by atoms with Gasteiger partial charge in [-0.15, -0.1) is 6.42 Å². The summed E-state index contributed by atoms with van der Waals surface area (Å²) in [7, 11) is 1.37. The van der Waals surface area contributed by atoms with Crippen molar-refractivity contribution in [3.05, 3.63) is 53.6 Å². The maximum Gasteiger partial charge on any atom is 0.318 e. The van der Waals surface area contributed by atoms with Gasteiger partial charge in [0.2, 0.25) is 5.92 Å². The Morgan fingerprint density at radius 2 is 1.79 bits per heavy atom. The van der Waals surface area contributed by atoms with Gasteiger partial charge in [0, 0.05) is 54.9 Å². The molecule has 4 aromatic rings. The smallest absolute Gasteiger partial charge is 0.318 e. The second-order valence-electron chi connectivity index (χ2n) is 13.3. The number of methoxy groups -OCH3 is 1. The van der Waals surface area contributed by atoms with E-state index >= 15 is 4.39 Å². The van der Waals surface area contributed by atoms with Crippen LogP contribution in [-0.4, -0.2) is 71.4 Å². The zero-order chi connectivity index (χ0) is 33.1. The molecule has 4 aliphatic rings. The van der Waals surface area contributed by atoms with Crippen LogP contribution < -0.4 is 9.64 Å². The average Bonchev–Trinajstić information content (AvgIpc) is 3.61. The molecule has 3 aliphatic heterocycles. The molecule has 2 unspecified atom stereocenters. The first-order valence-electron chi connectivity index (χ1n) is 16.0. The quantitative estimate of drug-likeness (QED) is 0.182. The Kier molecular flexibility index (Phi) is 7.90. The second-order valence-corrected chi connectivity index (χ2v) is 13.3. The third kappa shape index (κ3) is 5.71. The van der Waals surface area contributed by atoms with Gasteiger partial charge in [-0.3, -0.25) is 4.90 Å². The molecule has 1 saturated carbocycles. The standard InChI is InChI=1S/C29H23F4N3O2.C7H12FN/c1-3-18-22(30)7-4-16-12-17(37)13-21(23(16)18)19-5-6-20-25(24(19)31)34-27(38-2)35-26(20)36-10-8-28(9-11-36)14-29(32,33)15-28;8-6-4-7-2-1-3-9(7)5-6/h1,4-7,12-13,37H,8-11,14-15H2,2H3;6-7H,1-5H2. The topological polar surface area (TPSA) is 61.7 Å². The maximum absolute atomic E-state index is 16.2. The van der Waals surface area contributed by atoms with Crippen LogP contribution in [0.5, 0.6) is 11.8 Å². The van der Waals surface area contributed by atoms with Crippen molar-refractivity contribution in [3.8, 4) is 35.2 Å². The molecule has 3 aromatic carbocycles. The fourth-order valence-corrected chi connectivity index (χ4v) is 8.06. The summed E-state index contributed by atoms with van der Waals surface area (Å²) in [6, 6.07) is 9.19. The van der Waals surface area contributed by atoms with E-state index in [1.165, 1.54) is 50.3 Å². The fraction of sp³-hybridized carbons (Fsp3) is 0.444. The Labute approximate surface area is 269 Å². The van der Waals surface area contributed by atoms with Gasteiger partial charge in [0.15, 0.2) is 5.82 Å². The fourth-order valence-electron chi connectivity index (χ4n) is 8.06. The third-order valence-corrected chi connectivity index (χ3v) is 10.3. The Bertz CT molecular complexity index is 1880. The van der Waals surface area contributed by atoms with E-state index in [9.17, 15) is 22.7 Å². The summed E-state index contributed by atoms with van der Waals surface area (Å²) >= 11 is 0. The number of phenols is 1. The summed E-state index contributed by atoms with van der Waals surface area (Å²) in [5, 5.41) is 11.5. The summed E-state index contributed by atoms with van der Waals surface area (Å²) in [4.78, 5) is 13.0. The number of phenolic OH excluding ortho intramolecular Hbond substituents is 1. The predicted octanol–water partition coefficient (Wildman–Crippen LogP) is 7.63.